The van der Waals surface area contributed by atoms with Gasteiger partial charge in [0.1, 0.15) is 0 Å². The quantitative estimate of drug-likeness (QED) is 0.795. The number of benzene rings is 1. The van der Waals surface area contributed by atoms with Crippen molar-refractivity contribution in [1.29, 1.82) is 0 Å². The number of rotatable bonds is 4. The van der Waals surface area contributed by atoms with E-state index in [0.29, 0.717) is 18.7 Å². The van der Waals surface area contributed by atoms with Crippen molar-refractivity contribution >= 4 is 18.5 Å². The van der Waals surface area contributed by atoms with E-state index in [1.165, 1.54) is 16.7 Å². The fraction of sp³-hybridized carbons (Fsp3) is 0.462. The van der Waals surface area contributed by atoms with Crippen molar-refractivity contribution in [3.8, 4) is 0 Å². The van der Waals surface area contributed by atoms with E-state index in [1.807, 2.05) is 0 Å². The second-order valence-corrected chi connectivity index (χ2v) is 4.97. The third-order valence-corrected chi connectivity index (χ3v) is 3.20. The molecule has 2 rings (SSSR count). The Balaban J connectivity index is 1.95. The van der Waals surface area contributed by atoms with E-state index >= 15 is 0 Å². The van der Waals surface area contributed by atoms with Gasteiger partial charge in [-0.1, -0.05) is 18.2 Å². The molecule has 1 aromatic carbocycles. The normalized spacial score (nSPS) is 14.7. The smallest absolute Gasteiger partial charge is 0.221 e. The molecule has 0 bridgehead atoms. The van der Waals surface area contributed by atoms with Gasteiger partial charge in [0, 0.05) is 26.1 Å². The van der Waals surface area contributed by atoms with Gasteiger partial charge in [0.05, 0.1) is 0 Å². The molecule has 17 heavy (non-hydrogen) atoms. The molecule has 1 aliphatic rings. The summed E-state index contributed by atoms with van der Waals surface area (Å²) in [6.45, 7) is 2.65. The zero-order chi connectivity index (χ0) is 12.3. The van der Waals surface area contributed by atoms with Crippen LogP contribution in [0.4, 0.5) is 0 Å². The Morgan fingerprint density at radius 3 is 2.94 bits per heavy atom. The molecular weight excluding hydrogens is 232 g/mol. The maximum absolute atomic E-state index is 11.3. The number of nitrogens with one attached hydrogen (secondary N) is 1. The number of amides is 1. The first kappa shape index (κ1) is 12.5. The van der Waals surface area contributed by atoms with Crippen LogP contribution in [-0.2, 0) is 24.4 Å². The minimum absolute atomic E-state index is 0.0672. The molecule has 0 saturated heterocycles. The highest BCUT2D eigenvalue weighted by Gasteiger charge is 2.15. The minimum atomic E-state index is 0.0672. The number of carbonyl (C=O) groups excluding carboxylic acids is 1. The van der Waals surface area contributed by atoms with Crippen molar-refractivity contribution in [2.75, 3.05) is 12.8 Å². The molecule has 0 unspecified atom stereocenters. The van der Waals surface area contributed by atoms with Gasteiger partial charge in [0.25, 0.3) is 0 Å². The summed E-state index contributed by atoms with van der Waals surface area (Å²) in [5, 5.41) is 2.90. The second kappa shape index (κ2) is 5.56. The van der Waals surface area contributed by atoms with Crippen LogP contribution in [0.15, 0.2) is 18.2 Å². The predicted octanol–water partition coefficient (Wildman–Crippen LogP) is 1.57. The molecule has 0 fully saturated rings. The van der Waals surface area contributed by atoms with Crippen molar-refractivity contribution in [2.24, 2.45) is 0 Å². The van der Waals surface area contributed by atoms with Gasteiger partial charge in [-0.25, -0.2) is 0 Å². The number of nitrogens with zero attached hydrogens (tertiary/aromatic N) is 1. The summed E-state index contributed by atoms with van der Waals surface area (Å²) in [4.78, 5) is 13.6. The van der Waals surface area contributed by atoms with Crippen molar-refractivity contribution < 1.29 is 4.79 Å². The first-order chi connectivity index (χ1) is 8.19. The lowest BCUT2D eigenvalue weighted by atomic mass is 10.1. The molecule has 4 heteroatoms. The maximum atomic E-state index is 11.3. The molecule has 1 amide bonds. The molecule has 1 heterocycles. The first-order valence-electron chi connectivity index (χ1n) is 5.86. The summed E-state index contributed by atoms with van der Waals surface area (Å²) in [6, 6.07) is 6.46. The summed E-state index contributed by atoms with van der Waals surface area (Å²) in [5.74, 6) is 0.665. The fourth-order valence-corrected chi connectivity index (χ4v) is 2.32. The Morgan fingerprint density at radius 2 is 2.18 bits per heavy atom. The number of hydrogen-bond donors (Lipinski definition) is 2. The summed E-state index contributed by atoms with van der Waals surface area (Å²) >= 11 is 4.04. The van der Waals surface area contributed by atoms with E-state index in [0.717, 1.165) is 13.1 Å². The lowest BCUT2D eigenvalue weighted by Crippen LogP contribution is -2.22. The molecule has 92 valence electrons. The summed E-state index contributed by atoms with van der Waals surface area (Å²) in [7, 11) is 2.12. The van der Waals surface area contributed by atoms with Crippen LogP contribution in [0.25, 0.3) is 0 Å². The summed E-state index contributed by atoms with van der Waals surface area (Å²) in [6.07, 6.45) is 0.483. The van der Waals surface area contributed by atoms with Crippen LogP contribution < -0.4 is 5.32 Å². The molecule has 3 nitrogen and oxygen atoms in total. The summed E-state index contributed by atoms with van der Waals surface area (Å²) < 4.78 is 0. The van der Waals surface area contributed by atoms with Gasteiger partial charge in [-0.2, -0.15) is 12.6 Å². The monoisotopic (exact) mass is 250 g/mol. The molecule has 1 aliphatic heterocycles. The van der Waals surface area contributed by atoms with E-state index in [9.17, 15) is 4.79 Å². The molecule has 1 aromatic rings. The van der Waals surface area contributed by atoms with Crippen LogP contribution in [-0.4, -0.2) is 23.6 Å². The molecule has 0 spiro atoms. The SMILES string of the molecule is CN1Cc2ccc(CNC(=O)CCS)cc2C1. The van der Waals surface area contributed by atoms with E-state index in [1.54, 1.807) is 0 Å². The molecule has 0 saturated carbocycles. The zero-order valence-electron chi connectivity index (χ0n) is 10.1. The van der Waals surface area contributed by atoms with Gasteiger partial charge in [-0.05, 0) is 29.5 Å². The largest absolute Gasteiger partial charge is 0.352 e. The number of hydrogen-bond acceptors (Lipinski definition) is 3. The van der Waals surface area contributed by atoms with Crippen LogP contribution in [0.3, 0.4) is 0 Å². The standard InChI is InChI=1S/C13H18N2OS/c1-15-8-11-3-2-10(6-12(11)9-15)7-14-13(16)4-5-17/h2-3,6,17H,4-5,7-9H2,1H3,(H,14,16). The van der Waals surface area contributed by atoms with Gasteiger partial charge < -0.3 is 5.32 Å². The minimum Gasteiger partial charge on any atom is -0.352 e. The van der Waals surface area contributed by atoms with Crippen molar-refractivity contribution in [3.05, 3.63) is 34.9 Å². The second-order valence-electron chi connectivity index (χ2n) is 4.53. The van der Waals surface area contributed by atoms with E-state index < -0.39 is 0 Å². The molecule has 0 radical (unpaired) electrons. The van der Waals surface area contributed by atoms with Crippen molar-refractivity contribution in [3.63, 3.8) is 0 Å². The van der Waals surface area contributed by atoms with Gasteiger partial charge in [-0.3, -0.25) is 9.69 Å². The Morgan fingerprint density at radius 1 is 1.41 bits per heavy atom. The third-order valence-electron chi connectivity index (χ3n) is 2.98. The Bertz CT molecular complexity index is 420. The number of carbonyl (C=O) groups is 1. The van der Waals surface area contributed by atoms with E-state index in [-0.39, 0.29) is 5.91 Å². The van der Waals surface area contributed by atoms with Gasteiger partial charge in [0.2, 0.25) is 5.91 Å². The maximum Gasteiger partial charge on any atom is 0.221 e. The average Bonchev–Trinajstić information content (AvgIpc) is 2.66. The Labute approximate surface area is 108 Å². The fourth-order valence-electron chi connectivity index (χ4n) is 2.12. The van der Waals surface area contributed by atoms with Crippen LogP contribution in [0, 0.1) is 0 Å². The van der Waals surface area contributed by atoms with Crippen LogP contribution in [0.1, 0.15) is 23.1 Å². The number of fused-ring (bicyclic) bond motifs is 1. The first-order valence-corrected chi connectivity index (χ1v) is 6.49. The molecule has 0 atom stereocenters. The lowest BCUT2D eigenvalue weighted by Gasteiger charge is -2.06. The molecule has 0 aromatic heterocycles. The van der Waals surface area contributed by atoms with Gasteiger partial charge in [0.15, 0.2) is 0 Å². The molecule has 0 aliphatic carbocycles. The Kier molecular flexibility index (Phi) is 4.07. The lowest BCUT2D eigenvalue weighted by molar-refractivity contribution is -0.120. The topological polar surface area (TPSA) is 32.3 Å². The highest BCUT2D eigenvalue weighted by molar-refractivity contribution is 7.80. The third kappa shape index (κ3) is 3.23. The van der Waals surface area contributed by atoms with Crippen LogP contribution in [0.2, 0.25) is 0 Å². The van der Waals surface area contributed by atoms with Crippen LogP contribution in [0.5, 0.6) is 0 Å². The molecule has 1 N–H and O–H groups in total. The summed E-state index contributed by atoms with van der Waals surface area (Å²) in [5.41, 5.74) is 3.96. The van der Waals surface area contributed by atoms with Crippen LogP contribution >= 0.6 is 12.6 Å². The van der Waals surface area contributed by atoms with Gasteiger partial charge in [-0.15, -0.1) is 0 Å². The highest BCUT2D eigenvalue weighted by atomic mass is 32.1. The zero-order valence-corrected chi connectivity index (χ0v) is 11.0. The van der Waals surface area contributed by atoms with E-state index in [4.69, 9.17) is 0 Å². The Hall–Kier alpha value is -1.00. The average molecular weight is 250 g/mol. The highest BCUT2D eigenvalue weighted by Crippen LogP contribution is 2.22. The predicted molar refractivity (Wildman–Crippen MR) is 71.9 cm³/mol. The van der Waals surface area contributed by atoms with E-state index in [2.05, 4.69) is 48.1 Å². The van der Waals surface area contributed by atoms with Crippen molar-refractivity contribution in [1.82, 2.24) is 10.2 Å². The van der Waals surface area contributed by atoms with Gasteiger partial charge >= 0.3 is 0 Å². The number of thiol groups is 1. The molecular formula is C13H18N2OS. The van der Waals surface area contributed by atoms with Crippen molar-refractivity contribution in [2.45, 2.75) is 26.1 Å².